The van der Waals surface area contributed by atoms with E-state index >= 15 is 0 Å². The zero-order chi connectivity index (χ0) is 27.8. The Morgan fingerprint density at radius 2 is 1.64 bits per heavy atom. The molecule has 1 aliphatic carbocycles. The van der Waals surface area contributed by atoms with Gasteiger partial charge in [-0.2, -0.15) is 0 Å². The number of nitrogens with one attached hydrogen (secondary N) is 2. The molecule has 2 heterocycles. The second-order valence-electron chi connectivity index (χ2n) is 9.47. The van der Waals surface area contributed by atoms with Crippen LogP contribution in [0.3, 0.4) is 0 Å². The van der Waals surface area contributed by atoms with Crippen LogP contribution in [0.15, 0.2) is 47.0 Å². The van der Waals surface area contributed by atoms with Crippen LogP contribution in [-0.2, 0) is 19.1 Å². The van der Waals surface area contributed by atoms with Crippen molar-refractivity contribution in [1.82, 2.24) is 9.88 Å². The molecule has 1 fully saturated rings. The van der Waals surface area contributed by atoms with Crippen molar-refractivity contribution in [3.05, 3.63) is 53.4 Å². The fraction of sp³-hybridized carbons (Fsp3) is 0.429. The van der Waals surface area contributed by atoms with Crippen molar-refractivity contribution in [3.63, 3.8) is 0 Å². The van der Waals surface area contributed by atoms with E-state index in [9.17, 15) is 14.4 Å². The molecule has 3 amide bonds. The zero-order valence-corrected chi connectivity index (χ0v) is 22.8. The SMILES string of the molecule is COCCN(CCOC)C(=O)C1CCC(C(=O)Nc2c(C(=O)Nc3ccc(Cl)cn3)oc3ccccc23)CC1. The van der Waals surface area contributed by atoms with E-state index in [4.69, 9.17) is 25.5 Å². The minimum absolute atomic E-state index is 0.0166. The Balaban J connectivity index is 1.43. The molecule has 39 heavy (non-hydrogen) atoms. The minimum atomic E-state index is -0.544. The topological polar surface area (TPSA) is 123 Å². The summed E-state index contributed by atoms with van der Waals surface area (Å²) in [7, 11) is 3.21. The first-order valence-electron chi connectivity index (χ1n) is 12.9. The van der Waals surface area contributed by atoms with Crippen molar-refractivity contribution in [1.29, 1.82) is 0 Å². The fourth-order valence-corrected chi connectivity index (χ4v) is 4.89. The number of halogens is 1. The largest absolute Gasteiger partial charge is 0.449 e. The van der Waals surface area contributed by atoms with E-state index in [1.807, 2.05) is 6.07 Å². The molecule has 208 valence electrons. The maximum absolute atomic E-state index is 13.3. The number of carbonyl (C=O) groups is 3. The van der Waals surface area contributed by atoms with Gasteiger partial charge in [-0.05, 0) is 49.9 Å². The van der Waals surface area contributed by atoms with Gasteiger partial charge in [-0.3, -0.25) is 14.4 Å². The molecule has 0 atom stereocenters. The summed E-state index contributed by atoms with van der Waals surface area (Å²) in [5, 5.41) is 6.69. The first-order valence-corrected chi connectivity index (χ1v) is 13.3. The molecule has 0 radical (unpaired) electrons. The standard InChI is InChI=1S/C28H33ClN4O6/c1-37-15-13-33(14-16-38-2)28(36)19-9-7-18(8-10-19)26(34)32-24-21-5-3-4-6-22(21)39-25(24)27(35)31-23-12-11-20(29)17-30-23/h3-6,11-12,17-19H,7-10,13-16H2,1-2H3,(H,32,34)(H,30,31,35). The molecule has 0 bridgehead atoms. The van der Waals surface area contributed by atoms with Crippen molar-refractivity contribution in [2.24, 2.45) is 11.8 Å². The number of rotatable bonds is 11. The molecule has 10 nitrogen and oxygen atoms in total. The number of nitrogens with zero attached hydrogens (tertiary/aromatic N) is 2. The highest BCUT2D eigenvalue weighted by atomic mass is 35.5. The van der Waals surface area contributed by atoms with Crippen molar-refractivity contribution < 1.29 is 28.3 Å². The third-order valence-corrected chi connectivity index (χ3v) is 7.13. The molecular weight excluding hydrogens is 524 g/mol. The Morgan fingerprint density at radius 1 is 0.974 bits per heavy atom. The maximum atomic E-state index is 13.3. The zero-order valence-electron chi connectivity index (χ0n) is 22.1. The summed E-state index contributed by atoms with van der Waals surface area (Å²) in [5.74, 6) is -0.834. The smallest absolute Gasteiger partial charge is 0.294 e. The molecule has 4 rings (SSSR count). The molecule has 0 saturated heterocycles. The minimum Gasteiger partial charge on any atom is -0.449 e. The number of para-hydroxylation sites is 1. The number of hydrogen-bond acceptors (Lipinski definition) is 7. The number of hydrogen-bond donors (Lipinski definition) is 2. The molecular formula is C28H33ClN4O6. The predicted octanol–water partition coefficient (Wildman–Crippen LogP) is 4.60. The predicted molar refractivity (Wildman–Crippen MR) is 148 cm³/mol. The monoisotopic (exact) mass is 556 g/mol. The summed E-state index contributed by atoms with van der Waals surface area (Å²) in [5.41, 5.74) is 0.786. The highest BCUT2D eigenvalue weighted by Gasteiger charge is 2.33. The average molecular weight is 557 g/mol. The van der Waals surface area contributed by atoms with Crippen LogP contribution in [-0.4, -0.2) is 68.1 Å². The molecule has 1 aromatic carbocycles. The number of benzene rings is 1. The van der Waals surface area contributed by atoms with Crippen LogP contribution in [0.2, 0.25) is 5.02 Å². The second-order valence-corrected chi connectivity index (χ2v) is 9.90. The summed E-state index contributed by atoms with van der Waals surface area (Å²) >= 11 is 5.88. The number of anilines is 2. The number of methoxy groups -OCH3 is 2. The van der Waals surface area contributed by atoms with Crippen LogP contribution in [0, 0.1) is 11.8 Å². The van der Waals surface area contributed by atoms with Gasteiger partial charge in [0, 0.05) is 50.7 Å². The lowest BCUT2D eigenvalue weighted by atomic mass is 9.81. The van der Waals surface area contributed by atoms with Crippen molar-refractivity contribution in [3.8, 4) is 0 Å². The Labute approximate surface area is 232 Å². The lowest BCUT2D eigenvalue weighted by Crippen LogP contribution is -2.42. The van der Waals surface area contributed by atoms with Crippen LogP contribution in [0.25, 0.3) is 11.0 Å². The van der Waals surface area contributed by atoms with Crippen LogP contribution in [0.1, 0.15) is 36.2 Å². The Morgan fingerprint density at radius 3 is 2.28 bits per heavy atom. The fourth-order valence-electron chi connectivity index (χ4n) is 4.77. The molecule has 2 aromatic heterocycles. The van der Waals surface area contributed by atoms with Gasteiger partial charge >= 0.3 is 0 Å². The molecule has 2 N–H and O–H groups in total. The number of amides is 3. The lowest BCUT2D eigenvalue weighted by Gasteiger charge is -2.31. The van der Waals surface area contributed by atoms with Crippen molar-refractivity contribution in [2.75, 3.05) is 51.2 Å². The first kappa shape index (κ1) is 28.5. The average Bonchev–Trinajstić information content (AvgIpc) is 3.32. The number of furan rings is 1. The third-order valence-electron chi connectivity index (χ3n) is 6.91. The van der Waals surface area contributed by atoms with Gasteiger partial charge in [-0.1, -0.05) is 23.7 Å². The van der Waals surface area contributed by atoms with Crippen LogP contribution in [0.4, 0.5) is 11.5 Å². The van der Waals surface area contributed by atoms with Gasteiger partial charge in [0.15, 0.2) is 0 Å². The molecule has 11 heteroatoms. The van der Waals surface area contributed by atoms with Crippen LogP contribution >= 0.6 is 11.6 Å². The summed E-state index contributed by atoms with van der Waals surface area (Å²) in [6, 6.07) is 10.3. The number of aromatic nitrogens is 1. The van der Waals surface area contributed by atoms with Gasteiger partial charge < -0.3 is 29.4 Å². The van der Waals surface area contributed by atoms with Crippen LogP contribution in [0.5, 0.6) is 0 Å². The van der Waals surface area contributed by atoms with Crippen molar-refractivity contribution in [2.45, 2.75) is 25.7 Å². The quantitative estimate of drug-likeness (QED) is 0.354. The van der Waals surface area contributed by atoms with Crippen molar-refractivity contribution >= 4 is 51.8 Å². The van der Waals surface area contributed by atoms with Gasteiger partial charge in [0.05, 0.1) is 18.2 Å². The van der Waals surface area contributed by atoms with Crippen LogP contribution < -0.4 is 10.6 Å². The van der Waals surface area contributed by atoms with E-state index < -0.39 is 5.91 Å². The van der Waals surface area contributed by atoms with E-state index in [0.717, 1.165) is 0 Å². The summed E-state index contributed by atoms with van der Waals surface area (Å²) < 4.78 is 16.1. The first-order chi connectivity index (χ1) is 18.9. The highest BCUT2D eigenvalue weighted by molar-refractivity contribution is 6.30. The van der Waals surface area contributed by atoms with Gasteiger partial charge in [-0.15, -0.1) is 0 Å². The summed E-state index contributed by atoms with van der Waals surface area (Å²) in [6.45, 7) is 1.91. The van der Waals surface area contributed by atoms with E-state index in [2.05, 4.69) is 15.6 Å². The number of ether oxygens (including phenoxy) is 2. The number of carbonyl (C=O) groups excluding carboxylic acids is 3. The summed E-state index contributed by atoms with van der Waals surface area (Å²) in [6.07, 6.45) is 3.77. The molecule has 1 saturated carbocycles. The normalized spacial score (nSPS) is 17.1. The van der Waals surface area contributed by atoms with Gasteiger partial charge in [0.2, 0.25) is 17.6 Å². The van der Waals surface area contributed by atoms with E-state index in [-0.39, 0.29) is 29.4 Å². The second kappa shape index (κ2) is 13.5. The number of pyridine rings is 1. The van der Waals surface area contributed by atoms with Gasteiger partial charge in [0.25, 0.3) is 5.91 Å². The third kappa shape index (κ3) is 7.14. The van der Waals surface area contributed by atoms with E-state index in [1.165, 1.54) is 6.20 Å². The maximum Gasteiger partial charge on any atom is 0.294 e. The summed E-state index contributed by atoms with van der Waals surface area (Å²) in [4.78, 5) is 45.4. The molecule has 0 aliphatic heterocycles. The Hall–Kier alpha value is -3.47. The van der Waals surface area contributed by atoms with Gasteiger partial charge in [-0.25, -0.2) is 4.98 Å². The molecule has 3 aromatic rings. The van der Waals surface area contributed by atoms with Gasteiger partial charge in [0.1, 0.15) is 17.1 Å². The van der Waals surface area contributed by atoms with E-state index in [1.54, 1.807) is 49.5 Å². The highest BCUT2D eigenvalue weighted by Crippen LogP contribution is 2.35. The van der Waals surface area contributed by atoms with E-state index in [0.29, 0.717) is 79.5 Å². The molecule has 0 unspecified atom stereocenters. The Kier molecular flexibility index (Phi) is 9.91. The molecule has 0 spiro atoms. The molecule has 1 aliphatic rings. The Bertz CT molecular complexity index is 1280. The lowest BCUT2D eigenvalue weighted by molar-refractivity contribution is -0.139. The number of fused-ring (bicyclic) bond motifs is 1.